The van der Waals surface area contributed by atoms with Crippen molar-refractivity contribution >= 4 is 33.4 Å². The Morgan fingerprint density at radius 1 is 1.03 bits per heavy atom. The van der Waals surface area contributed by atoms with E-state index in [0.29, 0.717) is 11.9 Å². The Morgan fingerprint density at radius 2 is 1.77 bits per heavy atom. The highest BCUT2D eigenvalue weighted by Crippen LogP contribution is 2.36. The normalized spacial score (nSPS) is 17.0. The van der Waals surface area contributed by atoms with Crippen molar-refractivity contribution in [3.05, 3.63) is 64.5 Å². The minimum absolute atomic E-state index is 0.114. The van der Waals surface area contributed by atoms with Gasteiger partial charge >= 0.3 is 6.18 Å². The molecule has 0 bridgehead atoms. The molecular formula is C29H31F3N6O. The number of nitrogens with one attached hydrogen (secondary N) is 2. The lowest BCUT2D eigenvalue weighted by Gasteiger charge is -2.34. The summed E-state index contributed by atoms with van der Waals surface area (Å²) in [5.41, 5.74) is 3.45. The van der Waals surface area contributed by atoms with Crippen LogP contribution in [0, 0.1) is 0 Å². The lowest BCUT2D eigenvalue weighted by atomic mass is 9.87. The van der Waals surface area contributed by atoms with E-state index in [-0.39, 0.29) is 23.5 Å². The number of H-pyrrole nitrogens is 1. The third-order valence-corrected chi connectivity index (χ3v) is 8.08. The van der Waals surface area contributed by atoms with Gasteiger partial charge in [-0.05, 0) is 73.2 Å². The van der Waals surface area contributed by atoms with Gasteiger partial charge in [-0.2, -0.15) is 18.3 Å². The number of alkyl halides is 3. The van der Waals surface area contributed by atoms with Crippen LogP contribution in [0.25, 0.3) is 21.8 Å². The molecule has 3 heterocycles. The molecule has 1 saturated heterocycles. The first kappa shape index (κ1) is 25.8. The molecule has 1 aliphatic heterocycles. The second-order valence-electron chi connectivity index (χ2n) is 10.4. The summed E-state index contributed by atoms with van der Waals surface area (Å²) in [4.78, 5) is 22.5. The number of piperazine rings is 1. The van der Waals surface area contributed by atoms with Crippen LogP contribution in [0.1, 0.15) is 52.5 Å². The number of halogens is 3. The van der Waals surface area contributed by atoms with Crippen LogP contribution >= 0.6 is 0 Å². The molecule has 2 aromatic heterocycles. The smallest absolute Gasteiger partial charge is 0.321 e. The van der Waals surface area contributed by atoms with Crippen LogP contribution in [0.15, 0.2) is 36.5 Å². The summed E-state index contributed by atoms with van der Waals surface area (Å²) in [6.07, 6.45) is 0.702. The molecular weight excluding hydrogens is 505 g/mol. The van der Waals surface area contributed by atoms with Gasteiger partial charge in [0.25, 0.3) is 5.91 Å². The molecule has 0 unspecified atom stereocenters. The van der Waals surface area contributed by atoms with Gasteiger partial charge in [0.1, 0.15) is 5.69 Å². The van der Waals surface area contributed by atoms with Crippen molar-refractivity contribution in [3.63, 3.8) is 0 Å². The van der Waals surface area contributed by atoms with E-state index in [9.17, 15) is 18.0 Å². The number of likely N-dealkylation sites (N-methyl/N-ethyl adjacent to an activating group) is 1. The number of benzene rings is 2. The summed E-state index contributed by atoms with van der Waals surface area (Å²) >= 11 is 0. The minimum atomic E-state index is -4.53. The average molecular weight is 537 g/mol. The Bertz CT molecular complexity index is 1540. The van der Waals surface area contributed by atoms with Crippen molar-refractivity contribution in [2.75, 3.05) is 38.0 Å². The number of carbonyl (C=O) groups is 1. The molecule has 0 atom stereocenters. The number of hydrogen-bond donors (Lipinski definition) is 2. The minimum Gasteiger partial charge on any atom is -0.321 e. The second-order valence-corrected chi connectivity index (χ2v) is 10.4. The van der Waals surface area contributed by atoms with E-state index >= 15 is 0 Å². The van der Waals surface area contributed by atoms with Crippen molar-refractivity contribution in [1.82, 2.24) is 25.0 Å². The summed E-state index contributed by atoms with van der Waals surface area (Å²) in [6.45, 7) is 6.41. The average Bonchev–Trinajstić information content (AvgIpc) is 3.42. The maximum absolute atomic E-state index is 14.1. The van der Waals surface area contributed by atoms with Crippen molar-refractivity contribution in [3.8, 4) is 0 Å². The molecule has 1 aliphatic carbocycles. The van der Waals surface area contributed by atoms with Gasteiger partial charge in [0.15, 0.2) is 0 Å². The van der Waals surface area contributed by atoms with E-state index in [4.69, 9.17) is 4.98 Å². The highest BCUT2D eigenvalue weighted by Gasteiger charge is 2.34. The summed E-state index contributed by atoms with van der Waals surface area (Å²) in [5, 5.41) is 11.8. The second kappa shape index (κ2) is 10.2. The van der Waals surface area contributed by atoms with E-state index < -0.39 is 17.6 Å². The van der Waals surface area contributed by atoms with Crippen molar-refractivity contribution in [2.45, 2.75) is 45.3 Å². The molecule has 10 heteroatoms. The Morgan fingerprint density at radius 3 is 2.51 bits per heavy atom. The topological polar surface area (TPSA) is 77.1 Å². The maximum atomic E-state index is 14.1. The first-order chi connectivity index (χ1) is 18.8. The standard InChI is InChI=1S/C29H31F3N6O/c1-2-37-11-13-38(14-12-37)17-18-7-8-19(15-23(18)29(30,31)32)34-28(39)27-21-6-4-3-5-20(21)26-22-16-33-36-24(22)9-10-25(26)35-27/h7-10,15-16H,2-6,11-14,17H2,1H3,(H,33,36)(H,34,39). The van der Waals surface area contributed by atoms with Gasteiger partial charge in [-0.25, -0.2) is 4.98 Å². The van der Waals surface area contributed by atoms with Crippen LogP contribution in [-0.4, -0.2) is 63.6 Å². The van der Waals surface area contributed by atoms with Gasteiger partial charge in [0, 0.05) is 49.2 Å². The fourth-order valence-corrected chi connectivity index (χ4v) is 5.99. The molecule has 2 aromatic carbocycles. The van der Waals surface area contributed by atoms with E-state index in [1.807, 2.05) is 12.1 Å². The van der Waals surface area contributed by atoms with Crippen molar-refractivity contribution in [2.24, 2.45) is 0 Å². The summed E-state index contributed by atoms with van der Waals surface area (Å²) < 4.78 is 42.3. The maximum Gasteiger partial charge on any atom is 0.416 e. The number of carbonyl (C=O) groups excluding carboxylic acids is 1. The first-order valence-electron chi connectivity index (χ1n) is 13.6. The van der Waals surface area contributed by atoms with E-state index in [1.165, 1.54) is 6.07 Å². The van der Waals surface area contributed by atoms with Crippen LogP contribution in [0.5, 0.6) is 0 Å². The van der Waals surface area contributed by atoms with Gasteiger partial charge < -0.3 is 10.2 Å². The largest absolute Gasteiger partial charge is 0.416 e. The zero-order valence-corrected chi connectivity index (χ0v) is 21.9. The van der Waals surface area contributed by atoms with Crippen LogP contribution in [0.4, 0.5) is 18.9 Å². The monoisotopic (exact) mass is 536 g/mol. The highest BCUT2D eigenvalue weighted by molar-refractivity contribution is 6.11. The quantitative estimate of drug-likeness (QED) is 0.357. The van der Waals surface area contributed by atoms with Crippen molar-refractivity contribution in [1.29, 1.82) is 0 Å². The molecule has 39 heavy (non-hydrogen) atoms. The first-order valence-corrected chi connectivity index (χ1v) is 13.6. The van der Waals surface area contributed by atoms with Gasteiger partial charge in [0.05, 0.1) is 22.8 Å². The molecule has 2 aliphatic rings. The number of rotatable bonds is 5. The molecule has 204 valence electrons. The lowest BCUT2D eigenvalue weighted by Crippen LogP contribution is -2.45. The predicted octanol–water partition coefficient (Wildman–Crippen LogP) is 5.40. The van der Waals surface area contributed by atoms with E-state index in [2.05, 4.69) is 32.2 Å². The fraction of sp³-hybridized carbons (Fsp3) is 0.414. The molecule has 4 aromatic rings. The van der Waals surface area contributed by atoms with Crippen LogP contribution < -0.4 is 5.32 Å². The number of anilines is 1. The Labute approximate surface area is 224 Å². The van der Waals surface area contributed by atoms with Gasteiger partial charge in [-0.1, -0.05) is 13.0 Å². The number of fused-ring (bicyclic) bond motifs is 5. The highest BCUT2D eigenvalue weighted by atomic mass is 19.4. The summed E-state index contributed by atoms with van der Waals surface area (Å²) in [5.74, 6) is -0.487. The number of pyridine rings is 1. The third kappa shape index (κ3) is 4.98. The number of aromatic nitrogens is 3. The zero-order valence-electron chi connectivity index (χ0n) is 21.9. The Hall–Kier alpha value is -3.50. The SMILES string of the molecule is CCN1CCN(Cc2ccc(NC(=O)c3nc4ccc5[nH]ncc5c4c4c3CCCC4)cc2C(F)(F)F)CC1. The number of aromatic amines is 1. The molecule has 0 saturated carbocycles. The molecule has 0 radical (unpaired) electrons. The number of hydrogen-bond acceptors (Lipinski definition) is 5. The molecule has 6 rings (SSSR count). The molecule has 1 amide bonds. The summed E-state index contributed by atoms with van der Waals surface area (Å²) in [6, 6.07) is 7.85. The molecule has 7 nitrogen and oxygen atoms in total. The fourth-order valence-electron chi connectivity index (χ4n) is 5.99. The zero-order chi connectivity index (χ0) is 27.1. The van der Waals surface area contributed by atoms with E-state index in [0.717, 1.165) is 85.5 Å². The van der Waals surface area contributed by atoms with Crippen LogP contribution in [-0.2, 0) is 25.6 Å². The Kier molecular flexibility index (Phi) is 6.76. The number of aryl methyl sites for hydroxylation is 1. The Balaban J connectivity index is 1.30. The summed E-state index contributed by atoms with van der Waals surface area (Å²) in [7, 11) is 0. The lowest BCUT2D eigenvalue weighted by molar-refractivity contribution is -0.138. The van der Waals surface area contributed by atoms with Crippen LogP contribution in [0.3, 0.4) is 0 Å². The van der Waals surface area contributed by atoms with Gasteiger partial charge in [-0.3, -0.25) is 14.8 Å². The van der Waals surface area contributed by atoms with Crippen molar-refractivity contribution < 1.29 is 18.0 Å². The van der Waals surface area contributed by atoms with Crippen LogP contribution in [0.2, 0.25) is 0 Å². The number of amides is 1. The number of nitrogens with zero attached hydrogens (tertiary/aromatic N) is 4. The van der Waals surface area contributed by atoms with Gasteiger partial charge in [-0.15, -0.1) is 0 Å². The predicted molar refractivity (Wildman–Crippen MR) is 145 cm³/mol. The third-order valence-electron chi connectivity index (χ3n) is 8.08. The molecule has 2 N–H and O–H groups in total. The van der Waals surface area contributed by atoms with Gasteiger partial charge in [0.2, 0.25) is 0 Å². The molecule has 0 spiro atoms. The molecule has 1 fully saturated rings. The van der Waals surface area contributed by atoms with E-state index in [1.54, 1.807) is 12.3 Å².